The lowest BCUT2D eigenvalue weighted by atomic mass is 9.92. The predicted octanol–water partition coefficient (Wildman–Crippen LogP) is 5.00. The Hall–Kier alpha value is -1.51. The Morgan fingerprint density at radius 1 is 0.913 bits per heavy atom. The smallest absolute Gasteiger partial charge is 0.431 e. The summed E-state index contributed by atoms with van der Waals surface area (Å²) in [5, 5.41) is 0. The van der Waals surface area contributed by atoms with Gasteiger partial charge in [0.25, 0.3) is 0 Å². The van der Waals surface area contributed by atoms with Crippen LogP contribution in [0.5, 0.6) is 5.75 Å². The summed E-state index contributed by atoms with van der Waals surface area (Å²) in [4.78, 5) is 0. The molecular formula is C14H15F7O2. The Morgan fingerprint density at radius 3 is 1.74 bits per heavy atom. The lowest BCUT2D eigenvalue weighted by Crippen LogP contribution is -2.54. The second-order valence-electron chi connectivity index (χ2n) is 4.73. The topological polar surface area (TPSA) is 18.5 Å². The zero-order valence-corrected chi connectivity index (χ0v) is 12.3. The van der Waals surface area contributed by atoms with Gasteiger partial charge in [-0.15, -0.1) is 0 Å². The molecule has 0 radical (unpaired) electrons. The number of hydrogen-bond acceptors (Lipinski definition) is 2. The summed E-state index contributed by atoms with van der Waals surface area (Å²) in [5.41, 5.74) is -5.38. The van der Waals surface area contributed by atoms with Crippen molar-refractivity contribution in [1.29, 1.82) is 0 Å². The summed E-state index contributed by atoms with van der Waals surface area (Å²) in [5.74, 6) is 0.379. The molecule has 132 valence electrons. The van der Waals surface area contributed by atoms with Crippen LogP contribution < -0.4 is 4.74 Å². The molecule has 1 unspecified atom stereocenters. The Bertz CT molecular complexity index is 479. The fourth-order valence-corrected chi connectivity index (χ4v) is 1.93. The maximum atomic E-state index is 13.8. The van der Waals surface area contributed by atoms with E-state index in [4.69, 9.17) is 4.74 Å². The summed E-state index contributed by atoms with van der Waals surface area (Å²) in [7, 11) is 0.911. The van der Waals surface area contributed by atoms with Crippen molar-refractivity contribution >= 4 is 0 Å². The number of ether oxygens (including phenoxy) is 2. The Labute approximate surface area is 128 Å². The summed E-state index contributed by atoms with van der Waals surface area (Å²) in [6.45, 7) is 2.04. The lowest BCUT2D eigenvalue weighted by molar-refractivity contribution is -0.348. The fourth-order valence-electron chi connectivity index (χ4n) is 1.93. The molecule has 23 heavy (non-hydrogen) atoms. The van der Waals surface area contributed by atoms with Gasteiger partial charge in [0.05, 0.1) is 12.7 Å². The van der Waals surface area contributed by atoms with Gasteiger partial charge in [0.15, 0.2) is 0 Å². The molecule has 0 amide bonds. The van der Waals surface area contributed by atoms with Gasteiger partial charge in [-0.3, -0.25) is 0 Å². The van der Waals surface area contributed by atoms with E-state index in [-0.39, 0.29) is 5.56 Å². The molecule has 0 aliphatic rings. The van der Waals surface area contributed by atoms with Gasteiger partial charge in [-0.25, -0.2) is 4.39 Å². The molecule has 1 aromatic carbocycles. The molecule has 0 N–H and O–H groups in total. The highest BCUT2D eigenvalue weighted by Gasteiger charge is 2.72. The van der Waals surface area contributed by atoms with Crippen LogP contribution in [0.15, 0.2) is 24.3 Å². The minimum Gasteiger partial charge on any atom is -0.494 e. The van der Waals surface area contributed by atoms with Gasteiger partial charge in [0.1, 0.15) is 5.75 Å². The average molecular weight is 348 g/mol. The zero-order valence-electron chi connectivity index (χ0n) is 12.3. The van der Waals surface area contributed by atoms with Crippen LogP contribution in [0.1, 0.15) is 25.0 Å². The molecule has 1 atom stereocenters. The van der Waals surface area contributed by atoms with E-state index in [2.05, 4.69) is 4.74 Å². The van der Waals surface area contributed by atoms with E-state index in [1.165, 1.54) is 24.3 Å². The summed E-state index contributed by atoms with van der Waals surface area (Å²) in [6.07, 6.45) is -15.9. The molecule has 0 aromatic heterocycles. The molecule has 0 fully saturated rings. The summed E-state index contributed by atoms with van der Waals surface area (Å²) in [6, 6.07) is 5.16. The Balaban J connectivity index is 3.09. The van der Waals surface area contributed by atoms with Gasteiger partial charge >= 0.3 is 18.0 Å². The number of rotatable bonds is 6. The van der Waals surface area contributed by atoms with Crippen LogP contribution >= 0.6 is 0 Å². The van der Waals surface area contributed by atoms with Crippen LogP contribution in [0.25, 0.3) is 0 Å². The standard InChI is InChI=1S/C14H15F7O2/c1-3-23-10-6-4-9(5-7-10)11(22-2)8-12(15,13(16,17)18)14(19,20)21/h4-7,11H,3,8H2,1-2H3. The molecule has 0 saturated heterocycles. The first kappa shape index (κ1) is 19.5. The van der Waals surface area contributed by atoms with E-state index < -0.39 is 30.5 Å². The molecule has 0 saturated carbocycles. The van der Waals surface area contributed by atoms with Gasteiger partial charge in [-0.1, -0.05) is 12.1 Å². The first-order valence-corrected chi connectivity index (χ1v) is 6.54. The third-order valence-electron chi connectivity index (χ3n) is 3.21. The fraction of sp³-hybridized carbons (Fsp3) is 0.571. The van der Waals surface area contributed by atoms with Crippen molar-refractivity contribution in [1.82, 2.24) is 0 Å². The van der Waals surface area contributed by atoms with Crippen molar-refractivity contribution in [2.24, 2.45) is 0 Å². The molecule has 0 spiro atoms. The van der Waals surface area contributed by atoms with Crippen molar-refractivity contribution in [2.45, 2.75) is 37.5 Å². The molecule has 1 aromatic rings. The third kappa shape index (κ3) is 4.27. The van der Waals surface area contributed by atoms with Crippen LogP contribution in [0.4, 0.5) is 30.7 Å². The van der Waals surface area contributed by atoms with Crippen molar-refractivity contribution < 1.29 is 40.2 Å². The van der Waals surface area contributed by atoms with Gasteiger partial charge in [0, 0.05) is 13.5 Å². The Morgan fingerprint density at radius 2 is 1.39 bits per heavy atom. The van der Waals surface area contributed by atoms with Crippen LogP contribution in [-0.4, -0.2) is 31.7 Å². The van der Waals surface area contributed by atoms with E-state index >= 15 is 0 Å². The minimum atomic E-state index is -6.10. The quantitative estimate of drug-likeness (QED) is 0.674. The highest BCUT2D eigenvalue weighted by Crippen LogP contribution is 2.51. The first-order chi connectivity index (χ1) is 10.5. The normalized spacial score (nSPS) is 14.7. The van der Waals surface area contributed by atoms with Crippen LogP contribution in [0.2, 0.25) is 0 Å². The summed E-state index contributed by atoms with van der Waals surface area (Å²) >= 11 is 0. The predicted molar refractivity (Wildman–Crippen MR) is 67.9 cm³/mol. The molecule has 9 heteroatoms. The number of alkyl halides is 7. The van der Waals surface area contributed by atoms with E-state index in [0.717, 1.165) is 7.11 Å². The highest BCUT2D eigenvalue weighted by molar-refractivity contribution is 5.29. The third-order valence-corrected chi connectivity index (χ3v) is 3.21. The summed E-state index contributed by atoms with van der Waals surface area (Å²) < 4.78 is 99.2. The largest absolute Gasteiger partial charge is 0.494 e. The van der Waals surface area contributed by atoms with Gasteiger partial charge in [-0.2, -0.15) is 26.3 Å². The van der Waals surface area contributed by atoms with Crippen LogP contribution in [0, 0.1) is 0 Å². The number of halogens is 7. The molecule has 0 aliphatic carbocycles. The van der Waals surface area contributed by atoms with Crippen molar-refractivity contribution in [3.8, 4) is 5.75 Å². The second kappa shape index (κ2) is 6.94. The maximum Gasteiger partial charge on any atom is 0.431 e. The van der Waals surface area contributed by atoms with Crippen molar-refractivity contribution in [2.75, 3.05) is 13.7 Å². The molecule has 0 aliphatic heterocycles. The molecular weight excluding hydrogens is 333 g/mol. The molecule has 0 bridgehead atoms. The second-order valence-corrected chi connectivity index (χ2v) is 4.73. The lowest BCUT2D eigenvalue weighted by Gasteiger charge is -2.32. The maximum absolute atomic E-state index is 13.8. The van der Waals surface area contributed by atoms with Gasteiger partial charge in [-0.05, 0) is 24.6 Å². The van der Waals surface area contributed by atoms with E-state index in [0.29, 0.717) is 12.4 Å². The monoisotopic (exact) mass is 348 g/mol. The zero-order chi connectivity index (χ0) is 17.9. The SMILES string of the molecule is CCOc1ccc(C(CC(F)(C(F)(F)F)C(F)(F)F)OC)cc1. The Kier molecular flexibility index (Phi) is 5.89. The van der Waals surface area contributed by atoms with E-state index in [1.807, 2.05) is 0 Å². The molecule has 0 heterocycles. The molecule has 2 nitrogen and oxygen atoms in total. The minimum absolute atomic E-state index is 0.0218. The van der Waals surface area contributed by atoms with Gasteiger partial charge in [0.2, 0.25) is 0 Å². The number of methoxy groups -OCH3 is 1. The van der Waals surface area contributed by atoms with E-state index in [1.54, 1.807) is 6.92 Å². The highest BCUT2D eigenvalue weighted by atomic mass is 19.4. The molecule has 1 rings (SSSR count). The number of benzene rings is 1. The number of hydrogen-bond donors (Lipinski definition) is 0. The van der Waals surface area contributed by atoms with Crippen LogP contribution in [-0.2, 0) is 4.74 Å². The van der Waals surface area contributed by atoms with E-state index in [9.17, 15) is 30.7 Å². The van der Waals surface area contributed by atoms with Crippen molar-refractivity contribution in [3.05, 3.63) is 29.8 Å². The first-order valence-electron chi connectivity index (χ1n) is 6.54. The van der Waals surface area contributed by atoms with Crippen molar-refractivity contribution in [3.63, 3.8) is 0 Å². The van der Waals surface area contributed by atoms with Gasteiger partial charge < -0.3 is 9.47 Å². The van der Waals surface area contributed by atoms with Crippen LogP contribution in [0.3, 0.4) is 0 Å². The average Bonchev–Trinajstić information content (AvgIpc) is 2.43.